The molecule has 3 fully saturated rings. The Balaban J connectivity index is 0.936. The number of hydrogen-bond acceptors (Lipinski definition) is 17. The van der Waals surface area contributed by atoms with E-state index in [9.17, 15) is 15.0 Å². The summed E-state index contributed by atoms with van der Waals surface area (Å²) in [5.41, 5.74) is 17.6. The lowest BCUT2D eigenvalue weighted by molar-refractivity contribution is -0.356. The summed E-state index contributed by atoms with van der Waals surface area (Å²) >= 11 is 0. The Labute approximate surface area is 614 Å². The maximum atomic E-state index is 12.6. The fourth-order valence-corrected chi connectivity index (χ4v) is 13.5. The van der Waals surface area contributed by atoms with Crippen molar-refractivity contribution in [2.24, 2.45) is 5.11 Å². The Morgan fingerprint density at radius 1 is 0.305 bits per heavy atom. The summed E-state index contributed by atoms with van der Waals surface area (Å²) in [5, 5.41) is 3.92. The normalized spacial score (nSPS) is 24.7. The van der Waals surface area contributed by atoms with Crippen LogP contribution in [0.15, 0.2) is 278 Å². The lowest BCUT2D eigenvalue weighted by Gasteiger charge is -2.49. The van der Waals surface area contributed by atoms with Gasteiger partial charge in [-0.15, -0.1) is 9.42 Å². The topological polar surface area (TPSA) is 225 Å². The SMILES string of the molecule is [N-]=[N+]=NCCC[C@@H]1O[C@H](CO[C@@H]2O[C@H](CO[C@@H]3O[C@H](CO[P+](=O)O)[C@@H](OCc4ccccc4)[C@H](OCc4ccccc4)[C@H]3OCc3ccccc3)[C@@H](OCc3ccccc3)[C@H](OCc3ccccc3)[C@H]2OCc2ccccc2)[C@@H](OCc2ccccc2)[C@H](OCc2ccccc2)[C@H]1OCc1ccccc1. The Kier molecular flexibility index (Phi) is 30.3. The van der Waals surface area contributed by atoms with Crippen LogP contribution in [0.5, 0.6) is 0 Å². The second-order valence-electron chi connectivity index (χ2n) is 25.9. The number of rotatable bonds is 40. The van der Waals surface area contributed by atoms with Gasteiger partial charge in [0.25, 0.3) is 0 Å². The average molecular weight is 1450 g/mol. The van der Waals surface area contributed by atoms with E-state index in [2.05, 4.69) is 10.0 Å². The van der Waals surface area contributed by atoms with Crippen LogP contribution in [-0.4, -0.2) is 123 Å². The number of ether oxygens (including phenoxy) is 14. The molecule has 20 nitrogen and oxygen atoms in total. The van der Waals surface area contributed by atoms with Gasteiger partial charge in [0.05, 0.1) is 78.8 Å². The molecule has 21 heteroatoms. The Hall–Kier alpha value is -8.25. The van der Waals surface area contributed by atoms with Crippen LogP contribution in [0.2, 0.25) is 0 Å². The van der Waals surface area contributed by atoms with Gasteiger partial charge in [0.2, 0.25) is 0 Å². The van der Waals surface area contributed by atoms with Crippen molar-refractivity contribution in [2.75, 3.05) is 26.4 Å². The molecule has 0 spiro atoms. The first kappa shape index (κ1) is 76.4. The monoisotopic (exact) mass is 1440 g/mol. The molecular weight excluding hydrogens is 1350 g/mol. The number of benzene rings is 9. The molecule has 3 aliphatic rings. The van der Waals surface area contributed by atoms with Gasteiger partial charge in [0.1, 0.15) is 79.9 Å². The minimum Gasteiger partial charge on any atom is -0.368 e. The summed E-state index contributed by atoms with van der Waals surface area (Å²) in [6, 6.07) is 88.5. The maximum absolute atomic E-state index is 12.6. The molecular formula is C84H91N3O17P+. The Morgan fingerprint density at radius 2 is 0.533 bits per heavy atom. The zero-order valence-electron chi connectivity index (χ0n) is 58.5. The fourth-order valence-electron chi connectivity index (χ4n) is 13.2. The predicted octanol–water partition coefficient (Wildman–Crippen LogP) is 15.3. The van der Waals surface area contributed by atoms with Crippen LogP contribution in [-0.2, 0) is 135 Å². The standard InChI is InChI=1S/C84H90N3O17P/c85-87-86-48-28-47-70-74(90-49-61-29-10-1-11-30-61)78(94-53-65-37-18-5-19-38-65)75(91-50-62-31-12-2-13-32-62)71(102-70)58-99-83-81(97-56-68-43-24-8-25-44-68)79(95-54-66-39-20-6-21-40-66)76(92-51-63-33-14-3-15-34-63)72(103-83)59-100-84-82(98-57-69-45-26-9-27-46-69)80(96-55-67-41-22-7-23-42-67)77(73(104-84)60-101-105(88)89)93-52-64-35-16-4-17-36-64/h1-27,29-46,70-84H,28,47-60H2/p+1/t70-,71+,72+,73+,74-,75+,76+,77+,78+,79-,80-,81+,82+,83+,84+/m0/s1. The van der Waals surface area contributed by atoms with Gasteiger partial charge in [-0.1, -0.05) is 278 Å². The van der Waals surface area contributed by atoms with E-state index in [-0.39, 0.29) is 85.8 Å². The smallest absolute Gasteiger partial charge is 0.368 e. The molecule has 0 saturated carbocycles. The van der Waals surface area contributed by atoms with Gasteiger partial charge in [-0.3, -0.25) is 0 Å². The van der Waals surface area contributed by atoms with E-state index in [1.807, 2.05) is 273 Å². The Morgan fingerprint density at radius 3 is 0.800 bits per heavy atom. The zero-order valence-corrected chi connectivity index (χ0v) is 59.4. The van der Waals surface area contributed by atoms with Gasteiger partial charge in [-0.05, 0) is 68.4 Å². The minimum absolute atomic E-state index is 0.107. The second kappa shape index (κ2) is 41.6. The average Bonchev–Trinajstić information content (AvgIpc) is 0.778. The van der Waals surface area contributed by atoms with Gasteiger partial charge < -0.3 is 66.3 Å². The molecule has 3 saturated heterocycles. The molecule has 1 unspecified atom stereocenters. The summed E-state index contributed by atoms with van der Waals surface area (Å²) in [7, 11) is -3.10. The first-order chi connectivity index (χ1) is 51.9. The van der Waals surface area contributed by atoms with Crippen molar-refractivity contribution < 1.29 is 80.3 Å². The molecule has 1 N–H and O–H groups in total. The van der Waals surface area contributed by atoms with Crippen molar-refractivity contribution in [3.05, 3.63) is 334 Å². The summed E-state index contributed by atoms with van der Waals surface area (Å²) in [6.45, 7) is 0.819. The molecule has 0 radical (unpaired) electrons. The number of azide groups is 1. The van der Waals surface area contributed by atoms with Gasteiger partial charge in [-0.25, -0.2) is 0 Å². The molecule has 0 bridgehead atoms. The van der Waals surface area contributed by atoms with E-state index < -0.39 is 100 Å². The number of nitrogens with zero attached hydrogens (tertiary/aromatic N) is 3. The molecule has 3 aliphatic heterocycles. The van der Waals surface area contributed by atoms with Crippen molar-refractivity contribution in [2.45, 2.75) is 164 Å². The molecule has 9 aromatic carbocycles. The van der Waals surface area contributed by atoms with E-state index in [1.54, 1.807) is 0 Å². The predicted molar refractivity (Wildman–Crippen MR) is 392 cm³/mol. The third kappa shape index (κ3) is 23.4. The van der Waals surface area contributed by atoms with Crippen molar-refractivity contribution in [1.82, 2.24) is 0 Å². The highest BCUT2D eigenvalue weighted by Crippen LogP contribution is 2.38. The van der Waals surface area contributed by atoms with Crippen LogP contribution >= 0.6 is 8.25 Å². The second-order valence-corrected chi connectivity index (χ2v) is 26.7. The van der Waals surface area contributed by atoms with Gasteiger partial charge >= 0.3 is 8.25 Å². The van der Waals surface area contributed by atoms with Crippen LogP contribution < -0.4 is 0 Å². The van der Waals surface area contributed by atoms with E-state index in [1.165, 1.54) is 0 Å². The third-order valence-corrected chi connectivity index (χ3v) is 18.9. The summed E-state index contributed by atoms with van der Waals surface area (Å²) in [6.07, 6.45) is -13.4. The Bertz CT molecular complexity index is 3950. The van der Waals surface area contributed by atoms with Gasteiger partial charge in [0, 0.05) is 16.0 Å². The third-order valence-electron chi connectivity index (χ3n) is 18.5. The van der Waals surface area contributed by atoms with Gasteiger partial charge in [-0.2, -0.15) is 0 Å². The lowest BCUT2D eigenvalue weighted by atomic mass is 9.91. The van der Waals surface area contributed by atoms with E-state index in [0.717, 1.165) is 50.1 Å². The highest BCUT2D eigenvalue weighted by atomic mass is 31.1. The number of hydrogen-bond donors (Lipinski definition) is 1. The van der Waals surface area contributed by atoms with Crippen LogP contribution in [0.25, 0.3) is 10.4 Å². The maximum Gasteiger partial charge on any atom is 0.694 e. The first-order valence-electron chi connectivity index (χ1n) is 35.8. The molecule has 3 heterocycles. The van der Waals surface area contributed by atoms with Crippen molar-refractivity contribution in [3.63, 3.8) is 0 Å². The molecule has 548 valence electrons. The lowest BCUT2D eigenvalue weighted by Crippen LogP contribution is -2.64. The van der Waals surface area contributed by atoms with Gasteiger partial charge in [0.15, 0.2) is 12.6 Å². The van der Waals surface area contributed by atoms with Crippen molar-refractivity contribution >= 4 is 8.25 Å². The summed E-state index contributed by atoms with van der Waals surface area (Å²) in [4.78, 5) is 13.4. The summed E-state index contributed by atoms with van der Waals surface area (Å²) in [5.74, 6) is 0. The van der Waals surface area contributed by atoms with Crippen LogP contribution in [0, 0.1) is 0 Å². The first-order valence-corrected chi connectivity index (χ1v) is 36.9. The summed E-state index contributed by atoms with van der Waals surface area (Å²) < 4.78 is 118. The molecule has 105 heavy (non-hydrogen) atoms. The zero-order chi connectivity index (χ0) is 71.9. The molecule has 9 aromatic rings. The van der Waals surface area contributed by atoms with E-state index in [4.69, 9.17) is 70.8 Å². The van der Waals surface area contributed by atoms with Crippen LogP contribution in [0.3, 0.4) is 0 Å². The molecule has 12 rings (SSSR count). The van der Waals surface area contributed by atoms with Crippen molar-refractivity contribution in [1.29, 1.82) is 0 Å². The minimum atomic E-state index is -3.10. The molecule has 0 amide bonds. The van der Waals surface area contributed by atoms with Crippen LogP contribution in [0.4, 0.5) is 0 Å². The highest BCUT2D eigenvalue weighted by molar-refractivity contribution is 7.32. The molecule has 16 atom stereocenters. The van der Waals surface area contributed by atoms with Crippen LogP contribution in [0.1, 0.15) is 62.9 Å². The quantitative estimate of drug-likeness (QED) is 0.0124. The largest absolute Gasteiger partial charge is 0.694 e. The highest BCUT2D eigenvalue weighted by Gasteiger charge is 2.54. The van der Waals surface area contributed by atoms with E-state index >= 15 is 0 Å². The van der Waals surface area contributed by atoms with Crippen molar-refractivity contribution in [3.8, 4) is 0 Å². The fraction of sp³-hybridized carbons (Fsp3) is 0.357. The molecule has 0 aromatic heterocycles. The molecule has 0 aliphatic carbocycles. The van der Waals surface area contributed by atoms with E-state index in [0.29, 0.717) is 12.8 Å².